The third kappa shape index (κ3) is 14.5. The number of carbonyl (C=O) groups excluding carboxylic acids is 6. The number of aliphatic hydroxyl groups is 9. The molecule has 0 bridgehead atoms. The van der Waals surface area contributed by atoms with Crippen LogP contribution in [0.5, 0.6) is 0 Å². The van der Waals surface area contributed by atoms with Gasteiger partial charge in [0.25, 0.3) is 23.6 Å². The minimum atomic E-state index is -1.45. The summed E-state index contributed by atoms with van der Waals surface area (Å²) in [5.41, 5.74) is -0.768. The zero-order chi connectivity index (χ0) is 48.6. The minimum absolute atomic E-state index is 0.0308. The van der Waals surface area contributed by atoms with Crippen molar-refractivity contribution in [3.05, 3.63) is 55.6 Å². The van der Waals surface area contributed by atoms with E-state index in [1.54, 1.807) is 0 Å². The molecule has 0 spiro atoms. The molecule has 23 nitrogen and oxygen atoms in total. The first-order valence-electron chi connectivity index (χ1n) is 20.1. The molecule has 0 radical (unpaired) electrons. The van der Waals surface area contributed by atoms with Crippen LogP contribution in [0, 0.1) is 47.0 Å². The van der Waals surface area contributed by atoms with Crippen LogP contribution in [-0.2, 0) is 9.47 Å². The van der Waals surface area contributed by atoms with Gasteiger partial charge in [-0.2, -0.15) is 0 Å². The summed E-state index contributed by atoms with van der Waals surface area (Å²) in [7, 11) is 0. The molecule has 0 fully saturated rings. The summed E-state index contributed by atoms with van der Waals surface area (Å²) in [5, 5.41) is 101. The Hall–Kier alpha value is -5.50. The zero-order valence-electron chi connectivity index (χ0n) is 36.9. The summed E-state index contributed by atoms with van der Waals surface area (Å²) < 4.78 is 10.8. The number of nitrogens with one attached hydrogen (secondary N) is 6. The molecule has 0 aromatic heterocycles. The number of ether oxygens (including phenoxy) is 2. The molecule has 64 heavy (non-hydrogen) atoms. The Morgan fingerprint density at radius 3 is 0.891 bits per heavy atom. The number of carbonyl (C=O) groups is 6. The van der Waals surface area contributed by atoms with Gasteiger partial charge < -0.3 is 76.7 Å². The normalized spacial score (nSPS) is 13.9. The second kappa shape index (κ2) is 25.1. The predicted molar refractivity (Wildman–Crippen MR) is 228 cm³/mol. The van der Waals surface area contributed by atoms with Crippen molar-refractivity contribution in [2.45, 2.75) is 72.9 Å². The molecule has 6 amide bonds. The van der Waals surface area contributed by atoms with E-state index < -0.39 is 112 Å². The summed E-state index contributed by atoms with van der Waals surface area (Å²) in [4.78, 5) is 80.0. The van der Waals surface area contributed by atoms with Crippen LogP contribution in [0.2, 0.25) is 0 Å². The van der Waals surface area contributed by atoms with Gasteiger partial charge in [0.05, 0.1) is 74.2 Å². The SMILES string of the molecule is Cc1c(NC(=O)OCC(C)(CO)COC(=O)Nc2c(C)c(C(=O)NCC(O)CO)c(C)c(C(=O)NCC(O)CO)c2C)c(C)c(C(=O)NCC(O)CO)c(C)c1C(=O)NCC(O)CO. The lowest BCUT2D eigenvalue weighted by Gasteiger charge is -2.27. The van der Waals surface area contributed by atoms with Crippen molar-refractivity contribution in [3.8, 4) is 0 Å². The van der Waals surface area contributed by atoms with Gasteiger partial charge in [0.1, 0.15) is 13.2 Å². The average molecular weight is 911 g/mol. The second-order valence-electron chi connectivity index (χ2n) is 15.6. The molecule has 358 valence electrons. The highest BCUT2D eigenvalue weighted by Gasteiger charge is 2.32. The van der Waals surface area contributed by atoms with Crippen LogP contribution in [0.3, 0.4) is 0 Å². The molecule has 23 heteroatoms. The van der Waals surface area contributed by atoms with E-state index in [1.165, 1.54) is 48.5 Å². The van der Waals surface area contributed by atoms with Crippen LogP contribution in [0.1, 0.15) is 81.7 Å². The summed E-state index contributed by atoms with van der Waals surface area (Å²) in [6.45, 7) is 4.39. The van der Waals surface area contributed by atoms with E-state index in [1.807, 2.05) is 0 Å². The molecule has 15 N–H and O–H groups in total. The molecule has 2 aromatic rings. The van der Waals surface area contributed by atoms with Crippen LogP contribution in [0.4, 0.5) is 21.0 Å². The maximum atomic E-state index is 13.4. The van der Waals surface area contributed by atoms with E-state index in [2.05, 4.69) is 31.9 Å². The highest BCUT2D eigenvalue weighted by atomic mass is 16.6. The van der Waals surface area contributed by atoms with Crippen molar-refractivity contribution in [3.63, 3.8) is 0 Å². The number of hydrogen-bond donors (Lipinski definition) is 15. The first-order chi connectivity index (χ1) is 30.0. The molecule has 4 atom stereocenters. The molecule has 2 aromatic carbocycles. The topological polar surface area (TPSA) is 375 Å². The number of aliphatic hydroxyl groups excluding tert-OH is 9. The number of anilines is 2. The van der Waals surface area contributed by atoms with Crippen molar-refractivity contribution in [2.75, 3.05) is 83.1 Å². The largest absolute Gasteiger partial charge is 0.448 e. The Balaban J connectivity index is 2.40. The summed E-state index contributed by atoms with van der Waals surface area (Å²) >= 11 is 0. The van der Waals surface area contributed by atoms with Crippen LogP contribution in [0.15, 0.2) is 0 Å². The molecule has 0 aliphatic carbocycles. The van der Waals surface area contributed by atoms with Crippen LogP contribution in [-0.4, -0.2) is 179 Å². The van der Waals surface area contributed by atoms with Crippen molar-refractivity contribution in [1.82, 2.24) is 21.3 Å². The van der Waals surface area contributed by atoms with E-state index in [0.29, 0.717) is 0 Å². The van der Waals surface area contributed by atoms with Crippen LogP contribution >= 0.6 is 0 Å². The predicted octanol–water partition coefficient (Wildman–Crippen LogP) is -2.34. The average Bonchev–Trinajstić information content (AvgIpc) is 3.26. The summed E-state index contributed by atoms with van der Waals surface area (Å²) in [6, 6.07) is 0. The van der Waals surface area contributed by atoms with Gasteiger partial charge in [0.2, 0.25) is 0 Å². The number of amides is 6. The lowest BCUT2D eigenvalue weighted by Crippen LogP contribution is -2.38. The van der Waals surface area contributed by atoms with Gasteiger partial charge in [-0.1, -0.05) is 6.92 Å². The van der Waals surface area contributed by atoms with E-state index in [9.17, 15) is 74.7 Å². The molecular weight excluding hydrogens is 848 g/mol. The Morgan fingerprint density at radius 2 is 0.688 bits per heavy atom. The van der Waals surface area contributed by atoms with Crippen LogP contribution < -0.4 is 31.9 Å². The maximum Gasteiger partial charge on any atom is 0.411 e. The quantitative estimate of drug-likeness (QED) is 0.0556. The molecule has 2 rings (SSSR count). The van der Waals surface area contributed by atoms with Gasteiger partial charge in [-0.05, 0) is 74.9 Å². The van der Waals surface area contributed by atoms with Gasteiger partial charge >= 0.3 is 12.2 Å². The van der Waals surface area contributed by atoms with Gasteiger partial charge in [0.15, 0.2) is 0 Å². The molecule has 0 aliphatic heterocycles. The maximum absolute atomic E-state index is 13.4. The molecule has 0 heterocycles. The van der Waals surface area contributed by atoms with Gasteiger partial charge in [-0.3, -0.25) is 29.8 Å². The van der Waals surface area contributed by atoms with Crippen molar-refractivity contribution in [2.24, 2.45) is 5.41 Å². The molecule has 0 saturated heterocycles. The fourth-order valence-electron chi connectivity index (χ4n) is 6.52. The monoisotopic (exact) mass is 910 g/mol. The number of hydrogen-bond acceptors (Lipinski definition) is 17. The Bertz CT molecular complexity index is 1770. The second-order valence-corrected chi connectivity index (χ2v) is 15.6. The molecule has 0 aliphatic rings. The first-order valence-corrected chi connectivity index (χ1v) is 20.1. The molecule has 0 saturated carbocycles. The summed E-state index contributed by atoms with van der Waals surface area (Å²) in [6.07, 6.45) is -7.43. The highest BCUT2D eigenvalue weighted by molar-refractivity contribution is 6.08. The number of benzene rings is 2. The number of rotatable bonds is 23. The summed E-state index contributed by atoms with van der Waals surface area (Å²) in [5.74, 6) is -3.07. The Morgan fingerprint density at radius 1 is 0.453 bits per heavy atom. The van der Waals surface area contributed by atoms with Gasteiger partial charge in [0, 0.05) is 48.4 Å². The zero-order valence-corrected chi connectivity index (χ0v) is 36.9. The lowest BCUT2D eigenvalue weighted by molar-refractivity contribution is 0.00789. The Labute approximate surface area is 369 Å². The van der Waals surface area contributed by atoms with Gasteiger partial charge in [-0.25, -0.2) is 9.59 Å². The fraction of sp³-hybridized carbons (Fsp3) is 0.561. The van der Waals surface area contributed by atoms with E-state index in [0.717, 1.165) is 0 Å². The Kier molecular flexibility index (Phi) is 21.4. The van der Waals surface area contributed by atoms with Gasteiger partial charge in [-0.15, -0.1) is 0 Å². The van der Waals surface area contributed by atoms with Crippen molar-refractivity contribution >= 4 is 47.2 Å². The standard InChI is InChI=1S/C41H62N6O17/c1-19-29(35(57)42-8-25(53)12-48)21(3)33(22(4)30(19)36(58)43-9-26(54)13-49)46-39(61)63-17-41(7,16-52)18-64-40(62)47-34-23(5)31(37(59)44-10-27(55)14-50)20(2)32(24(34)6)38(60)45-11-28(56)15-51/h25-28,48-56H,8-18H2,1-7H3,(H,42,57)(H,43,58)(H,44,59)(H,45,60)(H,46,61)(H,47,62). The van der Waals surface area contributed by atoms with E-state index in [-0.39, 0.29) is 93.2 Å². The van der Waals surface area contributed by atoms with Crippen molar-refractivity contribution < 1.29 is 84.2 Å². The first kappa shape index (κ1) is 54.6. The molecule has 4 unspecified atom stereocenters. The van der Waals surface area contributed by atoms with E-state index >= 15 is 0 Å². The highest BCUT2D eigenvalue weighted by Crippen LogP contribution is 2.34. The fourth-order valence-corrected chi connectivity index (χ4v) is 6.52. The van der Waals surface area contributed by atoms with E-state index in [4.69, 9.17) is 9.47 Å². The third-order valence-electron chi connectivity index (χ3n) is 10.2. The third-order valence-corrected chi connectivity index (χ3v) is 10.2. The molecular formula is C41H62N6O17. The van der Waals surface area contributed by atoms with Crippen molar-refractivity contribution in [1.29, 1.82) is 0 Å². The smallest absolute Gasteiger partial charge is 0.411 e. The lowest BCUT2D eigenvalue weighted by atomic mass is 9.90. The minimum Gasteiger partial charge on any atom is -0.448 e. The van der Waals surface area contributed by atoms with Crippen LogP contribution in [0.25, 0.3) is 0 Å².